The predicted octanol–water partition coefficient (Wildman–Crippen LogP) is 0.727. The second-order valence-electron chi connectivity index (χ2n) is 11.7. The van der Waals surface area contributed by atoms with Crippen molar-refractivity contribution >= 4 is 47.8 Å². The first kappa shape index (κ1) is 47.0. The van der Waals surface area contributed by atoms with Gasteiger partial charge in [0.15, 0.2) is 0 Å². The number of aliphatic hydroxyl groups excluding tert-OH is 1. The first-order valence-corrected chi connectivity index (χ1v) is 16.9. The summed E-state index contributed by atoms with van der Waals surface area (Å²) in [5, 5.41) is 42.1. The maximum Gasteiger partial charge on any atom is 0.328 e. The van der Waals surface area contributed by atoms with Gasteiger partial charge in [-0.15, -0.1) is 0 Å². The number of primary amides is 1. The SMILES string of the molecule is CCCCCCCCCCCCCC=O.NC(=O)CC[C@H](NC(=O)CC[C@H](NC(=O)[C@@H](N)CCC(=O)O)C(=O)O)C(=O)N[C@@H](CO)C(=O)O. The highest BCUT2D eigenvalue weighted by Crippen LogP contribution is 2.11. The molecule has 0 bridgehead atoms. The molecule has 0 unspecified atom stereocenters. The van der Waals surface area contributed by atoms with Gasteiger partial charge in [0.05, 0.1) is 12.6 Å². The quantitative estimate of drug-likeness (QED) is 0.0384. The number of carbonyl (C=O) groups is 8. The summed E-state index contributed by atoms with van der Waals surface area (Å²) in [6, 6.07) is -5.94. The zero-order chi connectivity index (χ0) is 37.6. The molecule has 0 fully saturated rings. The van der Waals surface area contributed by atoms with E-state index >= 15 is 0 Å². The van der Waals surface area contributed by atoms with Crippen molar-refractivity contribution < 1.29 is 58.8 Å². The molecule has 0 aromatic rings. The summed E-state index contributed by atoms with van der Waals surface area (Å²) >= 11 is 0. The minimum absolute atomic E-state index is 0.240. The Balaban J connectivity index is 0. The summed E-state index contributed by atoms with van der Waals surface area (Å²) in [5.41, 5.74) is 10.5. The van der Waals surface area contributed by atoms with E-state index in [9.17, 15) is 43.5 Å². The van der Waals surface area contributed by atoms with E-state index < -0.39 is 91.6 Å². The summed E-state index contributed by atoms with van der Waals surface area (Å²) in [4.78, 5) is 90.5. The Bertz CT molecular complexity index is 1030. The topological polar surface area (TPSA) is 306 Å². The van der Waals surface area contributed by atoms with E-state index in [-0.39, 0.29) is 19.3 Å². The van der Waals surface area contributed by atoms with E-state index in [2.05, 4.69) is 17.6 Å². The van der Waals surface area contributed by atoms with Gasteiger partial charge in [0.1, 0.15) is 24.4 Å². The Morgan fingerprint density at radius 1 is 0.633 bits per heavy atom. The fourth-order valence-corrected chi connectivity index (χ4v) is 4.39. The number of carboxylic acid groups (broad SMARTS) is 3. The van der Waals surface area contributed by atoms with Gasteiger partial charge in [-0.2, -0.15) is 0 Å². The molecule has 282 valence electrons. The number of rotatable bonds is 29. The summed E-state index contributed by atoms with van der Waals surface area (Å²) in [7, 11) is 0. The van der Waals surface area contributed by atoms with Crippen molar-refractivity contribution in [2.45, 2.75) is 147 Å². The molecule has 4 amide bonds. The number of hydrogen-bond acceptors (Lipinski definition) is 10. The van der Waals surface area contributed by atoms with Crippen molar-refractivity contribution in [1.82, 2.24) is 16.0 Å². The van der Waals surface area contributed by atoms with Crippen LogP contribution in [0.5, 0.6) is 0 Å². The van der Waals surface area contributed by atoms with Crippen LogP contribution in [0, 0.1) is 0 Å². The second-order valence-corrected chi connectivity index (χ2v) is 11.7. The number of aliphatic carboxylic acids is 3. The zero-order valence-corrected chi connectivity index (χ0v) is 28.5. The second kappa shape index (κ2) is 30.0. The van der Waals surface area contributed by atoms with E-state index in [0.717, 1.165) is 19.1 Å². The molecule has 0 rings (SSSR count). The molecule has 17 heteroatoms. The van der Waals surface area contributed by atoms with Crippen LogP contribution in [0.4, 0.5) is 0 Å². The van der Waals surface area contributed by atoms with Gasteiger partial charge in [-0.3, -0.25) is 24.0 Å². The molecule has 0 heterocycles. The maximum atomic E-state index is 12.3. The van der Waals surface area contributed by atoms with E-state index in [1.54, 1.807) is 0 Å². The molecule has 0 spiro atoms. The molecule has 49 heavy (non-hydrogen) atoms. The molecular formula is C32H57N5O12. The van der Waals surface area contributed by atoms with E-state index in [1.165, 1.54) is 64.2 Å². The third-order valence-corrected chi connectivity index (χ3v) is 7.33. The highest BCUT2D eigenvalue weighted by molar-refractivity contribution is 5.91. The molecule has 0 aliphatic heterocycles. The molecule has 4 atom stereocenters. The Labute approximate surface area is 287 Å². The summed E-state index contributed by atoms with van der Waals surface area (Å²) in [6.45, 7) is 1.32. The Morgan fingerprint density at radius 2 is 1.12 bits per heavy atom. The standard InChI is InChI=1S/C18H29N5O11.C14H28O/c19-8(1-6-14(27)28)15(29)22-10(17(31)32)3-5-13(26)21-9(2-4-12(20)25)16(30)23-11(7-24)18(33)34;1-2-3-4-5-6-7-8-9-10-11-12-13-14-15/h8-11,24H,1-7,19H2,(H2,20,25)(H,21,26)(H,22,29)(H,23,30)(H,27,28)(H,31,32)(H,33,34);14H,2-13H2,1H3/t8-,9-,10-,11-;/m0./s1. The zero-order valence-electron chi connectivity index (χ0n) is 28.5. The van der Waals surface area contributed by atoms with Crippen LogP contribution < -0.4 is 27.4 Å². The lowest BCUT2D eigenvalue weighted by Gasteiger charge is -2.21. The van der Waals surface area contributed by atoms with Gasteiger partial charge >= 0.3 is 17.9 Å². The van der Waals surface area contributed by atoms with Crippen molar-refractivity contribution in [2.24, 2.45) is 11.5 Å². The lowest BCUT2D eigenvalue weighted by molar-refractivity contribution is -0.143. The molecule has 17 nitrogen and oxygen atoms in total. The number of nitrogens with two attached hydrogens (primary N) is 2. The molecule has 0 aromatic heterocycles. The van der Waals surface area contributed by atoms with Gasteiger partial charge < -0.3 is 52.6 Å². The molecule has 0 aromatic carbocycles. The average molecular weight is 704 g/mol. The van der Waals surface area contributed by atoms with Crippen LogP contribution >= 0.6 is 0 Å². The average Bonchev–Trinajstić information content (AvgIpc) is 3.04. The number of aldehydes is 1. The molecule has 0 aliphatic carbocycles. The number of carboxylic acids is 3. The molecular weight excluding hydrogens is 646 g/mol. The van der Waals surface area contributed by atoms with Crippen LogP contribution in [-0.2, 0) is 38.4 Å². The van der Waals surface area contributed by atoms with E-state index in [4.69, 9.17) is 26.8 Å². The monoisotopic (exact) mass is 703 g/mol. The van der Waals surface area contributed by atoms with Crippen molar-refractivity contribution in [3.8, 4) is 0 Å². The highest BCUT2D eigenvalue weighted by Gasteiger charge is 2.28. The Morgan fingerprint density at radius 3 is 1.57 bits per heavy atom. The number of aliphatic hydroxyl groups is 1. The van der Waals surface area contributed by atoms with Crippen LogP contribution in [0.2, 0.25) is 0 Å². The van der Waals surface area contributed by atoms with Crippen molar-refractivity contribution in [2.75, 3.05) is 6.61 Å². The third kappa shape index (κ3) is 27.5. The number of nitrogens with one attached hydrogen (secondary N) is 3. The highest BCUT2D eigenvalue weighted by atomic mass is 16.4. The van der Waals surface area contributed by atoms with E-state index in [0.29, 0.717) is 0 Å². The largest absolute Gasteiger partial charge is 0.481 e. The number of carbonyl (C=O) groups excluding carboxylic acids is 5. The normalized spacial score (nSPS) is 13.0. The fourth-order valence-electron chi connectivity index (χ4n) is 4.39. The molecule has 0 aliphatic rings. The number of hydrogen-bond donors (Lipinski definition) is 9. The van der Waals surface area contributed by atoms with Gasteiger partial charge in [-0.1, -0.05) is 71.1 Å². The fraction of sp³-hybridized carbons (Fsp3) is 0.750. The molecule has 0 saturated heterocycles. The van der Waals surface area contributed by atoms with E-state index in [1.807, 2.05) is 5.32 Å². The van der Waals surface area contributed by atoms with Crippen LogP contribution in [-0.4, -0.2) is 99.0 Å². The number of amides is 4. The smallest absolute Gasteiger partial charge is 0.328 e. The Kier molecular flexibility index (Phi) is 28.8. The predicted molar refractivity (Wildman–Crippen MR) is 178 cm³/mol. The van der Waals surface area contributed by atoms with Crippen LogP contribution in [0.15, 0.2) is 0 Å². The Hall–Kier alpha value is -4.12. The third-order valence-electron chi connectivity index (χ3n) is 7.33. The van der Waals surface area contributed by atoms with Crippen molar-refractivity contribution in [3.63, 3.8) is 0 Å². The van der Waals surface area contributed by atoms with Gasteiger partial charge in [-0.05, 0) is 25.7 Å². The summed E-state index contributed by atoms with van der Waals surface area (Å²) < 4.78 is 0. The lowest BCUT2D eigenvalue weighted by Crippen LogP contribution is -2.53. The van der Waals surface area contributed by atoms with Crippen molar-refractivity contribution in [1.29, 1.82) is 0 Å². The van der Waals surface area contributed by atoms with Gasteiger partial charge in [0.25, 0.3) is 0 Å². The minimum Gasteiger partial charge on any atom is -0.481 e. The molecule has 0 saturated carbocycles. The number of unbranched alkanes of at least 4 members (excludes halogenated alkanes) is 11. The lowest BCUT2D eigenvalue weighted by atomic mass is 10.1. The van der Waals surface area contributed by atoms with Crippen LogP contribution in [0.1, 0.15) is 122 Å². The maximum absolute atomic E-state index is 12.3. The van der Waals surface area contributed by atoms with Gasteiger partial charge in [0.2, 0.25) is 23.6 Å². The summed E-state index contributed by atoms with van der Waals surface area (Å²) in [6.07, 6.45) is 14.4. The van der Waals surface area contributed by atoms with Crippen molar-refractivity contribution in [3.05, 3.63) is 0 Å². The molecule has 11 N–H and O–H groups in total. The molecule has 0 radical (unpaired) electrons. The van der Waals surface area contributed by atoms with Gasteiger partial charge in [-0.25, -0.2) is 9.59 Å². The van der Waals surface area contributed by atoms with Gasteiger partial charge in [0, 0.05) is 25.7 Å². The minimum atomic E-state index is -1.67. The van der Waals surface area contributed by atoms with Crippen LogP contribution in [0.3, 0.4) is 0 Å². The first-order chi connectivity index (χ1) is 23.2. The van der Waals surface area contributed by atoms with Crippen LogP contribution in [0.25, 0.3) is 0 Å². The first-order valence-electron chi connectivity index (χ1n) is 16.9. The summed E-state index contributed by atoms with van der Waals surface area (Å²) in [5.74, 6) is -7.87.